The summed E-state index contributed by atoms with van der Waals surface area (Å²) in [5, 5.41) is 13.2. The third-order valence-electron chi connectivity index (χ3n) is 3.92. The molecule has 9 nitrogen and oxygen atoms in total. The SMILES string of the molecule is COCCNC(=O)COC(=O)C[C@@H]1C(=O)C[C@H](C)[C@H]1C[N+](=O)[O-]. The molecule has 0 bridgehead atoms. The highest BCUT2D eigenvalue weighted by Crippen LogP contribution is 2.36. The molecule has 1 aliphatic rings. The number of Topliss-reactive ketones (excluding diaryl/α,β-unsaturated/α-hetero) is 1. The molecule has 0 aromatic rings. The molecule has 3 atom stereocenters. The topological polar surface area (TPSA) is 125 Å². The number of amides is 1. The predicted molar refractivity (Wildman–Crippen MR) is 78.1 cm³/mol. The van der Waals surface area contributed by atoms with Gasteiger partial charge in [0.2, 0.25) is 6.54 Å². The highest BCUT2D eigenvalue weighted by atomic mass is 16.6. The van der Waals surface area contributed by atoms with Crippen molar-refractivity contribution in [3.8, 4) is 0 Å². The highest BCUT2D eigenvalue weighted by molar-refractivity contribution is 5.88. The minimum absolute atomic E-state index is 0.136. The molecule has 1 aliphatic carbocycles. The second-order valence-corrected chi connectivity index (χ2v) is 5.64. The number of ether oxygens (including phenoxy) is 2. The van der Waals surface area contributed by atoms with Crippen molar-refractivity contribution in [3.63, 3.8) is 0 Å². The number of carbonyl (C=O) groups is 3. The molecule has 0 radical (unpaired) electrons. The van der Waals surface area contributed by atoms with Crippen LogP contribution in [0.5, 0.6) is 0 Å². The number of hydrogen-bond donors (Lipinski definition) is 1. The van der Waals surface area contributed by atoms with Crippen LogP contribution in [-0.4, -0.2) is 56.0 Å². The maximum Gasteiger partial charge on any atom is 0.307 e. The van der Waals surface area contributed by atoms with E-state index in [1.54, 1.807) is 6.92 Å². The Labute approximate surface area is 133 Å². The van der Waals surface area contributed by atoms with E-state index < -0.39 is 35.2 Å². The number of ketones is 1. The van der Waals surface area contributed by atoms with Crippen molar-refractivity contribution in [1.29, 1.82) is 0 Å². The Kier molecular flexibility index (Phi) is 7.60. The summed E-state index contributed by atoms with van der Waals surface area (Å²) in [5.41, 5.74) is 0. The Hall–Kier alpha value is -2.03. The summed E-state index contributed by atoms with van der Waals surface area (Å²) in [6.45, 7) is 1.62. The van der Waals surface area contributed by atoms with Crippen LogP contribution in [0, 0.1) is 27.9 Å². The Bertz CT molecular complexity index is 466. The molecule has 1 N–H and O–H groups in total. The maximum atomic E-state index is 11.9. The molecular weight excluding hydrogens is 308 g/mol. The zero-order chi connectivity index (χ0) is 17.4. The van der Waals surface area contributed by atoms with Gasteiger partial charge in [0, 0.05) is 36.8 Å². The molecule has 0 unspecified atom stereocenters. The molecule has 0 aromatic heterocycles. The number of esters is 1. The second kappa shape index (κ2) is 9.19. The highest BCUT2D eigenvalue weighted by Gasteiger charge is 2.44. The van der Waals surface area contributed by atoms with Crippen LogP contribution in [0.1, 0.15) is 19.8 Å². The van der Waals surface area contributed by atoms with Gasteiger partial charge in [-0.3, -0.25) is 24.5 Å². The third kappa shape index (κ3) is 6.31. The van der Waals surface area contributed by atoms with Gasteiger partial charge in [-0.2, -0.15) is 0 Å². The lowest BCUT2D eigenvalue weighted by Crippen LogP contribution is -2.32. The molecule has 0 aromatic carbocycles. The third-order valence-corrected chi connectivity index (χ3v) is 3.92. The van der Waals surface area contributed by atoms with Crippen molar-refractivity contribution >= 4 is 17.7 Å². The van der Waals surface area contributed by atoms with Gasteiger partial charge in [-0.05, 0) is 5.92 Å². The van der Waals surface area contributed by atoms with Gasteiger partial charge in [-0.1, -0.05) is 6.92 Å². The summed E-state index contributed by atoms with van der Waals surface area (Å²) in [4.78, 5) is 45.3. The standard InChI is InChI=1S/C14H22N2O7/c1-9-5-12(17)10(11(9)7-16(20)21)6-14(19)23-8-13(18)15-3-4-22-2/h9-11H,3-8H2,1-2H3,(H,15,18)/t9-,10-,11+/m0/s1. The molecule has 1 amide bonds. The number of methoxy groups -OCH3 is 1. The molecule has 1 saturated carbocycles. The van der Waals surface area contributed by atoms with Crippen LogP contribution in [0.25, 0.3) is 0 Å². The molecule has 1 fully saturated rings. The summed E-state index contributed by atoms with van der Waals surface area (Å²) in [7, 11) is 1.49. The van der Waals surface area contributed by atoms with E-state index in [-0.39, 0.29) is 31.1 Å². The Morgan fingerprint density at radius 3 is 2.74 bits per heavy atom. The maximum absolute atomic E-state index is 11.9. The molecule has 0 heterocycles. The number of nitrogens with zero attached hydrogens (tertiary/aromatic N) is 1. The van der Waals surface area contributed by atoms with E-state index in [1.807, 2.05) is 0 Å². The van der Waals surface area contributed by atoms with Crippen LogP contribution >= 0.6 is 0 Å². The van der Waals surface area contributed by atoms with E-state index in [0.29, 0.717) is 13.2 Å². The van der Waals surface area contributed by atoms with Crippen molar-refractivity contribution in [3.05, 3.63) is 10.1 Å². The molecular formula is C14H22N2O7. The molecule has 0 aliphatic heterocycles. The van der Waals surface area contributed by atoms with E-state index in [1.165, 1.54) is 7.11 Å². The van der Waals surface area contributed by atoms with Crippen molar-refractivity contribution in [1.82, 2.24) is 5.32 Å². The Morgan fingerprint density at radius 1 is 1.43 bits per heavy atom. The lowest BCUT2D eigenvalue weighted by molar-refractivity contribution is -0.490. The fraction of sp³-hybridized carbons (Fsp3) is 0.786. The first kappa shape index (κ1) is 19.0. The van der Waals surface area contributed by atoms with Crippen molar-refractivity contribution in [2.75, 3.05) is 33.4 Å². The second-order valence-electron chi connectivity index (χ2n) is 5.64. The fourth-order valence-electron chi connectivity index (χ4n) is 2.73. The quantitative estimate of drug-likeness (QED) is 0.268. The van der Waals surface area contributed by atoms with Gasteiger partial charge in [0.05, 0.1) is 13.0 Å². The Balaban J connectivity index is 2.43. The molecule has 9 heteroatoms. The van der Waals surface area contributed by atoms with E-state index in [2.05, 4.69) is 5.32 Å². The Morgan fingerprint density at radius 2 is 2.13 bits per heavy atom. The van der Waals surface area contributed by atoms with Gasteiger partial charge in [0.25, 0.3) is 5.91 Å². The van der Waals surface area contributed by atoms with Gasteiger partial charge in [0.15, 0.2) is 6.61 Å². The molecule has 1 rings (SSSR count). The van der Waals surface area contributed by atoms with Crippen LogP contribution in [0.2, 0.25) is 0 Å². The van der Waals surface area contributed by atoms with E-state index in [4.69, 9.17) is 9.47 Å². The first-order valence-corrected chi connectivity index (χ1v) is 7.41. The van der Waals surface area contributed by atoms with Crippen LogP contribution in [0.3, 0.4) is 0 Å². The van der Waals surface area contributed by atoms with Crippen LogP contribution < -0.4 is 5.32 Å². The first-order valence-electron chi connectivity index (χ1n) is 7.41. The average Bonchev–Trinajstić information content (AvgIpc) is 2.72. The van der Waals surface area contributed by atoms with Gasteiger partial charge in [-0.15, -0.1) is 0 Å². The summed E-state index contributed by atoms with van der Waals surface area (Å²) in [6, 6.07) is 0. The normalized spacial score (nSPS) is 23.6. The van der Waals surface area contributed by atoms with Crippen molar-refractivity contribution < 1.29 is 28.8 Å². The smallest absolute Gasteiger partial charge is 0.307 e. The molecule has 23 heavy (non-hydrogen) atoms. The van der Waals surface area contributed by atoms with E-state index in [9.17, 15) is 24.5 Å². The van der Waals surface area contributed by atoms with E-state index >= 15 is 0 Å². The van der Waals surface area contributed by atoms with Gasteiger partial charge >= 0.3 is 5.97 Å². The van der Waals surface area contributed by atoms with Crippen LogP contribution in [-0.2, 0) is 23.9 Å². The van der Waals surface area contributed by atoms with Crippen LogP contribution in [0.15, 0.2) is 0 Å². The zero-order valence-electron chi connectivity index (χ0n) is 13.3. The first-order chi connectivity index (χ1) is 10.8. The summed E-state index contributed by atoms with van der Waals surface area (Å²) >= 11 is 0. The zero-order valence-corrected chi connectivity index (χ0v) is 13.3. The largest absolute Gasteiger partial charge is 0.456 e. The lowest BCUT2D eigenvalue weighted by Gasteiger charge is -2.17. The molecule has 130 valence electrons. The van der Waals surface area contributed by atoms with Gasteiger partial charge in [-0.25, -0.2) is 0 Å². The number of hydrogen-bond acceptors (Lipinski definition) is 7. The predicted octanol–water partition coefficient (Wildman–Crippen LogP) is -0.200. The molecule has 0 saturated heterocycles. The van der Waals surface area contributed by atoms with Gasteiger partial charge in [0.1, 0.15) is 5.78 Å². The van der Waals surface area contributed by atoms with Gasteiger partial charge < -0.3 is 14.8 Å². The number of nitrogens with one attached hydrogen (secondary N) is 1. The van der Waals surface area contributed by atoms with Crippen LogP contribution in [0.4, 0.5) is 0 Å². The summed E-state index contributed by atoms with van der Waals surface area (Å²) in [5.74, 6) is -2.65. The van der Waals surface area contributed by atoms with Crippen molar-refractivity contribution in [2.24, 2.45) is 17.8 Å². The van der Waals surface area contributed by atoms with Crippen molar-refractivity contribution in [2.45, 2.75) is 19.8 Å². The van der Waals surface area contributed by atoms with E-state index in [0.717, 1.165) is 0 Å². The average molecular weight is 330 g/mol. The minimum Gasteiger partial charge on any atom is -0.456 e. The summed E-state index contributed by atoms with van der Waals surface area (Å²) < 4.78 is 9.58. The monoisotopic (exact) mass is 330 g/mol. The summed E-state index contributed by atoms with van der Waals surface area (Å²) in [6.07, 6.45) is 0.000980. The molecule has 0 spiro atoms. The lowest BCUT2D eigenvalue weighted by atomic mass is 9.88. The number of nitro groups is 1. The number of rotatable bonds is 9. The number of carbonyl (C=O) groups excluding carboxylic acids is 3. The minimum atomic E-state index is -0.709. The fourth-order valence-corrected chi connectivity index (χ4v) is 2.73.